The molecule has 7 heteroatoms. The van der Waals surface area contributed by atoms with Gasteiger partial charge in [-0.25, -0.2) is 9.18 Å². The fourth-order valence-corrected chi connectivity index (χ4v) is 2.14. The predicted octanol–water partition coefficient (Wildman–Crippen LogP) is 2.30. The van der Waals surface area contributed by atoms with Crippen LogP contribution < -0.4 is 5.73 Å². The highest BCUT2D eigenvalue weighted by molar-refractivity contribution is 9.10. The lowest BCUT2D eigenvalue weighted by Gasteiger charge is -2.07. The van der Waals surface area contributed by atoms with Crippen LogP contribution in [0.25, 0.3) is 0 Å². The fourth-order valence-electron chi connectivity index (χ4n) is 1.66. The molecule has 2 N–H and O–H groups in total. The van der Waals surface area contributed by atoms with E-state index in [1.165, 1.54) is 6.07 Å². The third kappa shape index (κ3) is 3.36. The van der Waals surface area contributed by atoms with Gasteiger partial charge >= 0.3 is 5.97 Å². The Morgan fingerprint density at radius 3 is 2.95 bits per heavy atom. The van der Waals surface area contributed by atoms with E-state index in [0.717, 1.165) is 11.6 Å². The van der Waals surface area contributed by atoms with Gasteiger partial charge in [-0.15, -0.1) is 0 Å². The van der Waals surface area contributed by atoms with Gasteiger partial charge in [0.05, 0.1) is 24.1 Å². The first kappa shape index (κ1) is 14.5. The minimum absolute atomic E-state index is 0.0904. The van der Waals surface area contributed by atoms with Gasteiger partial charge in [0.15, 0.2) is 0 Å². The third-order valence-electron chi connectivity index (χ3n) is 2.69. The number of nitrogen functional groups attached to an aromatic ring is 1. The topological polar surface area (TPSA) is 70.1 Å². The highest BCUT2D eigenvalue weighted by Crippen LogP contribution is 2.23. The Morgan fingerprint density at radius 2 is 2.30 bits per heavy atom. The normalized spacial score (nSPS) is 10.6. The van der Waals surface area contributed by atoms with Crippen molar-refractivity contribution >= 4 is 27.6 Å². The number of hydrogen-bond donors (Lipinski definition) is 1. The summed E-state index contributed by atoms with van der Waals surface area (Å²) < 4.78 is 20.3. The fraction of sp³-hybridized carbons (Fsp3) is 0.231. The molecule has 0 saturated carbocycles. The van der Waals surface area contributed by atoms with Gasteiger partial charge in [-0.3, -0.25) is 4.68 Å². The van der Waals surface area contributed by atoms with Crippen molar-refractivity contribution in [3.05, 3.63) is 45.9 Å². The zero-order chi connectivity index (χ0) is 14.7. The number of halogens is 2. The average molecular weight is 342 g/mol. The molecule has 5 nitrogen and oxygen atoms in total. The largest absolute Gasteiger partial charge is 0.462 e. The lowest BCUT2D eigenvalue weighted by Crippen LogP contribution is -2.10. The van der Waals surface area contributed by atoms with E-state index in [0.29, 0.717) is 10.9 Å². The molecule has 0 bridgehead atoms. The van der Waals surface area contributed by atoms with Crippen LogP contribution in [0, 0.1) is 5.82 Å². The molecule has 2 rings (SSSR count). The number of aromatic nitrogens is 2. The van der Waals surface area contributed by atoms with Gasteiger partial charge < -0.3 is 10.5 Å². The van der Waals surface area contributed by atoms with Crippen LogP contribution in [0.15, 0.2) is 29.0 Å². The number of hydrogen-bond acceptors (Lipinski definition) is 4. The van der Waals surface area contributed by atoms with Gasteiger partial charge in [-0.1, -0.05) is 0 Å². The SMILES string of the molecule is Cn1cc(CCOC(=O)c2cc(N)c(F)cc2Br)cn1. The standard InChI is InChI=1S/C13H13BrFN3O2/c1-18-7-8(6-17-18)2-3-20-13(19)9-4-12(16)11(15)5-10(9)14/h4-7H,2-3,16H2,1H3. The quantitative estimate of drug-likeness (QED) is 0.684. The van der Waals surface area contributed by atoms with Crippen LogP contribution in [0.1, 0.15) is 15.9 Å². The molecule has 0 saturated heterocycles. The maximum Gasteiger partial charge on any atom is 0.339 e. The summed E-state index contributed by atoms with van der Waals surface area (Å²) in [5, 5.41) is 4.02. The summed E-state index contributed by atoms with van der Waals surface area (Å²) in [6, 6.07) is 2.40. The van der Waals surface area contributed by atoms with E-state index in [-0.39, 0.29) is 17.9 Å². The minimum atomic E-state index is -0.580. The van der Waals surface area contributed by atoms with Crippen molar-refractivity contribution in [2.24, 2.45) is 7.05 Å². The summed E-state index contributed by atoms with van der Waals surface area (Å²) in [5.41, 5.74) is 6.52. The zero-order valence-electron chi connectivity index (χ0n) is 10.8. The van der Waals surface area contributed by atoms with E-state index >= 15 is 0 Å². The number of carbonyl (C=O) groups is 1. The monoisotopic (exact) mass is 341 g/mol. The van der Waals surface area contributed by atoms with Crippen molar-refractivity contribution in [2.45, 2.75) is 6.42 Å². The second-order valence-corrected chi connectivity index (χ2v) is 5.12. The predicted molar refractivity (Wildman–Crippen MR) is 75.7 cm³/mol. The molecular weight excluding hydrogens is 329 g/mol. The molecule has 0 aliphatic heterocycles. The average Bonchev–Trinajstić information content (AvgIpc) is 2.79. The molecule has 0 amide bonds. The van der Waals surface area contributed by atoms with Crippen molar-refractivity contribution < 1.29 is 13.9 Å². The Kier molecular flexibility index (Phi) is 4.39. The summed E-state index contributed by atoms with van der Waals surface area (Å²) in [4.78, 5) is 11.9. The minimum Gasteiger partial charge on any atom is -0.462 e. The van der Waals surface area contributed by atoms with E-state index in [9.17, 15) is 9.18 Å². The molecule has 106 valence electrons. The summed E-state index contributed by atoms with van der Waals surface area (Å²) in [7, 11) is 1.81. The molecule has 0 radical (unpaired) electrons. The molecular formula is C13H13BrFN3O2. The number of nitrogens with zero attached hydrogens (tertiary/aromatic N) is 2. The van der Waals surface area contributed by atoms with Gasteiger partial charge in [-0.05, 0) is 33.6 Å². The molecule has 0 aliphatic carbocycles. The lowest BCUT2D eigenvalue weighted by atomic mass is 10.2. The molecule has 1 aromatic heterocycles. The van der Waals surface area contributed by atoms with Crippen molar-refractivity contribution in [3.63, 3.8) is 0 Å². The van der Waals surface area contributed by atoms with Gasteiger partial charge in [0, 0.05) is 24.1 Å². The number of aryl methyl sites for hydroxylation is 1. The Bertz CT molecular complexity index is 643. The van der Waals surface area contributed by atoms with E-state index in [1.54, 1.807) is 10.9 Å². The molecule has 20 heavy (non-hydrogen) atoms. The Morgan fingerprint density at radius 1 is 1.55 bits per heavy atom. The Labute approximate surface area is 123 Å². The highest BCUT2D eigenvalue weighted by Gasteiger charge is 2.14. The van der Waals surface area contributed by atoms with Crippen LogP contribution in [0.4, 0.5) is 10.1 Å². The number of ether oxygens (including phenoxy) is 1. The van der Waals surface area contributed by atoms with Crippen LogP contribution in [0.2, 0.25) is 0 Å². The van der Waals surface area contributed by atoms with Crippen molar-refractivity contribution in [1.82, 2.24) is 9.78 Å². The van der Waals surface area contributed by atoms with Gasteiger partial charge in [0.1, 0.15) is 5.82 Å². The van der Waals surface area contributed by atoms with Crippen molar-refractivity contribution in [2.75, 3.05) is 12.3 Å². The van der Waals surface area contributed by atoms with E-state index in [2.05, 4.69) is 21.0 Å². The maximum atomic E-state index is 13.2. The first-order chi connectivity index (χ1) is 9.47. The van der Waals surface area contributed by atoms with Gasteiger partial charge in [-0.2, -0.15) is 5.10 Å². The van der Waals surface area contributed by atoms with E-state index < -0.39 is 11.8 Å². The zero-order valence-corrected chi connectivity index (χ0v) is 12.4. The van der Waals surface area contributed by atoms with E-state index in [1.807, 2.05) is 13.2 Å². The first-order valence-electron chi connectivity index (χ1n) is 5.86. The Balaban J connectivity index is 1.97. The van der Waals surface area contributed by atoms with Crippen LogP contribution in [-0.2, 0) is 18.2 Å². The van der Waals surface area contributed by atoms with Crippen molar-refractivity contribution in [3.8, 4) is 0 Å². The number of esters is 1. The number of anilines is 1. The summed E-state index contributed by atoms with van der Waals surface area (Å²) >= 11 is 3.11. The summed E-state index contributed by atoms with van der Waals surface area (Å²) in [6.07, 6.45) is 4.12. The number of carbonyl (C=O) groups excluding carboxylic acids is 1. The summed E-state index contributed by atoms with van der Waals surface area (Å²) in [5.74, 6) is -1.13. The van der Waals surface area contributed by atoms with Crippen LogP contribution >= 0.6 is 15.9 Å². The van der Waals surface area contributed by atoms with Crippen molar-refractivity contribution in [1.29, 1.82) is 0 Å². The van der Waals surface area contributed by atoms with E-state index in [4.69, 9.17) is 10.5 Å². The van der Waals surface area contributed by atoms with Crippen LogP contribution in [0.3, 0.4) is 0 Å². The number of rotatable bonds is 4. The molecule has 1 heterocycles. The maximum absolute atomic E-state index is 13.2. The Hall–Kier alpha value is -1.89. The second-order valence-electron chi connectivity index (χ2n) is 4.26. The third-order valence-corrected chi connectivity index (χ3v) is 3.34. The molecule has 0 unspecified atom stereocenters. The van der Waals surface area contributed by atoms with Crippen LogP contribution in [0.5, 0.6) is 0 Å². The second kappa shape index (κ2) is 6.04. The summed E-state index contributed by atoms with van der Waals surface area (Å²) in [6.45, 7) is 0.217. The highest BCUT2D eigenvalue weighted by atomic mass is 79.9. The molecule has 0 fully saturated rings. The molecule has 2 aromatic rings. The molecule has 0 aliphatic rings. The van der Waals surface area contributed by atoms with Gasteiger partial charge in [0.25, 0.3) is 0 Å². The lowest BCUT2D eigenvalue weighted by molar-refractivity contribution is 0.0508. The van der Waals surface area contributed by atoms with Crippen LogP contribution in [-0.4, -0.2) is 22.4 Å². The smallest absolute Gasteiger partial charge is 0.339 e. The number of nitrogens with two attached hydrogens (primary N) is 1. The molecule has 1 aromatic carbocycles. The molecule has 0 atom stereocenters. The molecule has 0 spiro atoms. The number of benzene rings is 1. The first-order valence-corrected chi connectivity index (χ1v) is 6.66. The van der Waals surface area contributed by atoms with Gasteiger partial charge in [0.2, 0.25) is 0 Å².